The van der Waals surface area contributed by atoms with Crippen molar-refractivity contribution in [1.29, 1.82) is 0 Å². The molecule has 0 aliphatic carbocycles. The van der Waals surface area contributed by atoms with E-state index in [0.717, 1.165) is 6.42 Å². The molecule has 0 saturated carbocycles. The van der Waals surface area contributed by atoms with E-state index in [9.17, 15) is 0 Å². The van der Waals surface area contributed by atoms with Crippen LogP contribution in [0.4, 0.5) is 0 Å². The molecular weight excluding hydrogens is 392 g/mol. The van der Waals surface area contributed by atoms with E-state index in [1.165, 1.54) is 16.7 Å². The molecule has 0 spiro atoms. The summed E-state index contributed by atoms with van der Waals surface area (Å²) in [6.45, 7) is 8.27. The average Bonchev–Trinajstić information content (AvgIpc) is 3.35. The van der Waals surface area contributed by atoms with Crippen LogP contribution < -0.4 is 5.32 Å². The molecule has 0 bridgehead atoms. The first kappa shape index (κ1) is 21.8. The summed E-state index contributed by atoms with van der Waals surface area (Å²) >= 11 is 0. The van der Waals surface area contributed by atoms with Gasteiger partial charge in [-0.1, -0.05) is 118 Å². The lowest BCUT2D eigenvalue weighted by atomic mass is 9.75. The van der Waals surface area contributed by atoms with Crippen molar-refractivity contribution in [3.63, 3.8) is 0 Å². The fourth-order valence-corrected chi connectivity index (χ4v) is 4.27. The van der Waals surface area contributed by atoms with Gasteiger partial charge in [-0.3, -0.25) is 5.32 Å². The van der Waals surface area contributed by atoms with Crippen molar-refractivity contribution >= 4 is 6.08 Å². The van der Waals surface area contributed by atoms with Gasteiger partial charge in [-0.15, -0.1) is 0 Å². The molecule has 1 heterocycles. The Hall–Kier alpha value is -3.43. The van der Waals surface area contributed by atoms with E-state index >= 15 is 0 Å². The topological polar surface area (TPSA) is 38.1 Å². The zero-order chi connectivity index (χ0) is 22.4. The maximum Gasteiger partial charge on any atom is 0.212 e. The molecule has 0 radical (unpaired) electrons. The lowest BCUT2D eigenvalue weighted by Crippen LogP contribution is -2.48. The summed E-state index contributed by atoms with van der Waals surface area (Å²) < 4.78 is 6.08. The van der Waals surface area contributed by atoms with Gasteiger partial charge in [0.2, 0.25) is 5.89 Å². The van der Waals surface area contributed by atoms with Crippen LogP contribution in [0.3, 0.4) is 0 Å². The van der Waals surface area contributed by atoms with Gasteiger partial charge in [0.25, 0.3) is 0 Å². The molecule has 0 aliphatic rings. The van der Waals surface area contributed by atoms with Gasteiger partial charge < -0.3 is 4.42 Å². The Morgan fingerprint density at radius 3 is 1.72 bits per heavy atom. The Kier molecular flexibility index (Phi) is 6.67. The van der Waals surface area contributed by atoms with Gasteiger partial charge in [-0.2, -0.15) is 0 Å². The van der Waals surface area contributed by atoms with Crippen molar-refractivity contribution in [1.82, 2.24) is 10.3 Å². The molecule has 3 nitrogen and oxygen atoms in total. The highest BCUT2D eigenvalue weighted by Gasteiger charge is 2.40. The zero-order valence-electron chi connectivity index (χ0n) is 18.7. The van der Waals surface area contributed by atoms with Gasteiger partial charge in [0.05, 0.1) is 17.8 Å². The number of rotatable bonds is 9. The van der Waals surface area contributed by atoms with Crippen molar-refractivity contribution in [3.05, 3.63) is 132 Å². The second-order valence-corrected chi connectivity index (χ2v) is 8.16. The lowest BCUT2D eigenvalue weighted by molar-refractivity contribution is 0.262. The fourth-order valence-electron chi connectivity index (χ4n) is 4.27. The first-order valence-corrected chi connectivity index (χ1v) is 11.2. The number of benzene rings is 3. The van der Waals surface area contributed by atoms with Crippen LogP contribution in [0.2, 0.25) is 0 Å². The van der Waals surface area contributed by atoms with E-state index in [4.69, 9.17) is 4.42 Å². The van der Waals surface area contributed by atoms with Crippen LogP contribution in [-0.4, -0.2) is 4.98 Å². The molecule has 0 fully saturated rings. The Balaban J connectivity index is 1.96. The molecule has 0 unspecified atom stereocenters. The van der Waals surface area contributed by atoms with Crippen LogP contribution in [0.1, 0.15) is 54.7 Å². The Morgan fingerprint density at radius 1 is 0.875 bits per heavy atom. The average molecular weight is 423 g/mol. The predicted molar refractivity (Wildman–Crippen MR) is 131 cm³/mol. The smallest absolute Gasteiger partial charge is 0.212 e. The first-order valence-electron chi connectivity index (χ1n) is 11.2. The van der Waals surface area contributed by atoms with Crippen LogP contribution in [0.25, 0.3) is 6.08 Å². The Morgan fingerprint density at radius 2 is 1.34 bits per heavy atom. The third kappa shape index (κ3) is 4.17. The van der Waals surface area contributed by atoms with Crippen LogP contribution in [0.5, 0.6) is 0 Å². The fraction of sp³-hybridized carbons (Fsp3) is 0.207. The number of hydrogen-bond acceptors (Lipinski definition) is 3. The number of oxazole rings is 1. The summed E-state index contributed by atoms with van der Waals surface area (Å²) in [5.74, 6) is 1.66. The molecule has 0 aliphatic heterocycles. The third-order valence-corrected chi connectivity index (χ3v) is 6.21. The number of aromatic nitrogens is 1. The highest BCUT2D eigenvalue weighted by Crippen LogP contribution is 2.40. The second-order valence-electron chi connectivity index (χ2n) is 8.16. The normalized spacial score (nSPS) is 13.4. The quantitative estimate of drug-likeness (QED) is 0.296. The Bertz CT molecular complexity index is 1020. The molecule has 3 heteroatoms. The largest absolute Gasteiger partial charge is 0.440 e. The highest BCUT2D eigenvalue weighted by atomic mass is 16.4. The van der Waals surface area contributed by atoms with E-state index < -0.39 is 5.54 Å². The van der Waals surface area contributed by atoms with Crippen molar-refractivity contribution in [2.24, 2.45) is 5.92 Å². The minimum Gasteiger partial charge on any atom is -0.440 e. The predicted octanol–water partition coefficient (Wildman–Crippen LogP) is 6.99. The SMILES string of the molecule is C=Cc1cnc([C@@H](NC(c2ccccc2)(c2ccccc2)c2ccccc2)[C@@H](C)CC)o1. The van der Waals surface area contributed by atoms with Gasteiger partial charge >= 0.3 is 0 Å². The molecule has 3 aromatic carbocycles. The molecule has 0 saturated heterocycles. The molecule has 162 valence electrons. The molecule has 4 aromatic rings. The van der Waals surface area contributed by atoms with Crippen LogP contribution in [0, 0.1) is 5.92 Å². The van der Waals surface area contributed by atoms with Crippen LogP contribution >= 0.6 is 0 Å². The van der Waals surface area contributed by atoms with Gasteiger partial charge in [-0.05, 0) is 28.7 Å². The van der Waals surface area contributed by atoms with Crippen molar-refractivity contribution in [2.75, 3.05) is 0 Å². The van der Waals surface area contributed by atoms with Crippen molar-refractivity contribution in [3.8, 4) is 0 Å². The summed E-state index contributed by atoms with van der Waals surface area (Å²) in [7, 11) is 0. The molecule has 0 amide bonds. The van der Waals surface area contributed by atoms with Crippen LogP contribution in [-0.2, 0) is 5.54 Å². The van der Waals surface area contributed by atoms with E-state index in [2.05, 4.69) is 122 Å². The Labute approximate surface area is 190 Å². The molecule has 32 heavy (non-hydrogen) atoms. The zero-order valence-corrected chi connectivity index (χ0v) is 18.7. The highest BCUT2D eigenvalue weighted by molar-refractivity contribution is 5.49. The first-order chi connectivity index (χ1) is 15.7. The molecule has 1 aromatic heterocycles. The van der Waals surface area contributed by atoms with E-state index in [1.807, 2.05) is 0 Å². The van der Waals surface area contributed by atoms with Crippen molar-refractivity contribution in [2.45, 2.75) is 31.8 Å². The summed E-state index contributed by atoms with van der Waals surface area (Å²) in [6, 6.07) is 31.7. The molecule has 1 N–H and O–H groups in total. The van der Waals surface area contributed by atoms with Gasteiger partial charge in [-0.25, -0.2) is 4.98 Å². The summed E-state index contributed by atoms with van der Waals surface area (Å²) in [5.41, 5.74) is 2.92. The minimum absolute atomic E-state index is 0.102. The van der Waals surface area contributed by atoms with Crippen LogP contribution in [0.15, 0.2) is 108 Å². The monoisotopic (exact) mass is 422 g/mol. The lowest BCUT2D eigenvalue weighted by Gasteiger charge is -2.41. The number of nitrogens with zero attached hydrogens (tertiary/aromatic N) is 1. The van der Waals surface area contributed by atoms with Gasteiger partial charge in [0.15, 0.2) is 0 Å². The maximum atomic E-state index is 6.08. The number of hydrogen-bond donors (Lipinski definition) is 1. The maximum absolute atomic E-state index is 6.08. The van der Waals surface area contributed by atoms with Gasteiger partial charge in [0, 0.05) is 0 Å². The van der Waals surface area contributed by atoms with E-state index in [-0.39, 0.29) is 6.04 Å². The standard InChI is InChI=1S/C29H30N2O/c1-4-22(3)27(28-30-21-26(5-2)32-28)31-29(23-15-9-6-10-16-23,24-17-11-7-12-18-24)25-19-13-8-14-20-25/h5-22,27,31H,2,4H2,1,3H3/t22-,27-/m0/s1. The number of nitrogens with one attached hydrogen (secondary N) is 1. The molecule has 4 rings (SSSR count). The van der Waals surface area contributed by atoms with E-state index in [0.29, 0.717) is 17.6 Å². The summed E-state index contributed by atoms with van der Waals surface area (Å²) in [6.07, 6.45) is 4.43. The van der Waals surface area contributed by atoms with Gasteiger partial charge in [0.1, 0.15) is 5.76 Å². The minimum atomic E-state index is -0.583. The van der Waals surface area contributed by atoms with E-state index in [1.54, 1.807) is 12.3 Å². The van der Waals surface area contributed by atoms with Crippen molar-refractivity contribution < 1.29 is 4.42 Å². The summed E-state index contributed by atoms with van der Waals surface area (Å²) in [4.78, 5) is 4.62. The molecular formula is C29H30N2O. The third-order valence-electron chi connectivity index (χ3n) is 6.21. The second kappa shape index (κ2) is 9.80. The summed E-state index contributed by atoms with van der Waals surface area (Å²) in [5, 5.41) is 4.03. The molecule has 2 atom stereocenters.